The normalized spacial score (nSPS) is 21.4. The van der Waals surface area contributed by atoms with Crippen LogP contribution in [0, 0.1) is 5.41 Å². The van der Waals surface area contributed by atoms with Crippen molar-refractivity contribution in [2.75, 3.05) is 0 Å². The zero-order valence-corrected chi connectivity index (χ0v) is 13.1. The molecule has 4 nitrogen and oxygen atoms in total. The van der Waals surface area contributed by atoms with Crippen molar-refractivity contribution in [3.05, 3.63) is 57.6 Å². The number of aliphatic carboxylic acids is 2. The molecule has 0 fully saturated rings. The summed E-state index contributed by atoms with van der Waals surface area (Å²) in [6.45, 7) is 1.55. The van der Waals surface area contributed by atoms with Gasteiger partial charge < -0.3 is 10.2 Å². The number of hydrogen-bond acceptors (Lipinski definition) is 2. The molecule has 5 heteroatoms. The van der Waals surface area contributed by atoms with Crippen LogP contribution in [0.1, 0.15) is 18.9 Å². The highest BCUT2D eigenvalue weighted by Crippen LogP contribution is 2.35. The van der Waals surface area contributed by atoms with E-state index in [1.807, 2.05) is 24.3 Å². The molecule has 1 atom stereocenters. The second-order valence-electron chi connectivity index (χ2n) is 5.40. The standard InChI is InChI=1S/C16H15BrO4/c1-16(15(20)21)8-11(6-12(9-16)14(18)19)5-10-3-2-4-13(17)7-10/h2-4,6-8H,5,9H2,1H3,(H,18,19)(H,20,21). The van der Waals surface area contributed by atoms with Crippen molar-refractivity contribution in [2.45, 2.75) is 19.8 Å². The first-order chi connectivity index (χ1) is 9.80. The zero-order valence-electron chi connectivity index (χ0n) is 11.5. The molecule has 0 spiro atoms. The van der Waals surface area contributed by atoms with Gasteiger partial charge in [-0.1, -0.05) is 34.1 Å². The second-order valence-corrected chi connectivity index (χ2v) is 6.32. The minimum atomic E-state index is -1.18. The number of carboxylic acid groups (broad SMARTS) is 2. The summed E-state index contributed by atoms with van der Waals surface area (Å²) in [7, 11) is 0. The molecule has 0 aliphatic heterocycles. The van der Waals surface area contributed by atoms with Crippen LogP contribution >= 0.6 is 15.9 Å². The van der Waals surface area contributed by atoms with Crippen molar-refractivity contribution in [2.24, 2.45) is 5.41 Å². The molecule has 0 amide bonds. The van der Waals surface area contributed by atoms with Crippen molar-refractivity contribution >= 4 is 27.9 Å². The minimum Gasteiger partial charge on any atom is -0.481 e. The van der Waals surface area contributed by atoms with Crippen molar-refractivity contribution in [1.29, 1.82) is 0 Å². The summed E-state index contributed by atoms with van der Waals surface area (Å²) in [5.41, 5.74) is 0.657. The van der Waals surface area contributed by atoms with E-state index in [1.54, 1.807) is 19.1 Å². The summed E-state index contributed by atoms with van der Waals surface area (Å²) in [5.74, 6) is -2.08. The quantitative estimate of drug-likeness (QED) is 0.872. The van der Waals surface area contributed by atoms with Gasteiger partial charge in [-0.15, -0.1) is 0 Å². The van der Waals surface area contributed by atoms with Gasteiger partial charge in [-0.3, -0.25) is 4.79 Å². The Labute approximate surface area is 130 Å². The summed E-state index contributed by atoms with van der Waals surface area (Å²) in [4.78, 5) is 22.6. The molecule has 0 aromatic heterocycles. The van der Waals surface area contributed by atoms with Gasteiger partial charge in [0.05, 0.1) is 5.41 Å². The van der Waals surface area contributed by atoms with E-state index >= 15 is 0 Å². The van der Waals surface area contributed by atoms with Gasteiger partial charge in [-0.2, -0.15) is 0 Å². The SMILES string of the molecule is CC1(C(=O)O)C=C(Cc2cccc(Br)c2)C=C(C(=O)O)C1. The molecule has 110 valence electrons. The highest BCUT2D eigenvalue weighted by molar-refractivity contribution is 9.10. The van der Waals surface area contributed by atoms with E-state index in [0.29, 0.717) is 12.0 Å². The fraction of sp³-hybridized carbons (Fsp3) is 0.250. The molecule has 1 aromatic rings. The number of benzene rings is 1. The third-order valence-corrected chi connectivity index (χ3v) is 3.98. The van der Waals surface area contributed by atoms with E-state index in [9.17, 15) is 19.8 Å². The molecule has 0 radical (unpaired) electrons. The maximum Gasteiger partial charge on any atom is 0.331 e. The van der Waals surface area contributed by atoms with E-state index < -0.39 is 17.4 Å². The molecule has 2 N–H and O–H groups in total. The van der Waals surface area contributed by atoms with Crippen LogP contribution in [0.25, 0.3) is 0 Å². The molecule has 2 rings (SSSR count). The first-order valence-corrected chi connectivity index (χ1v) is 7.23. The fourth-order valence-electron chi connectivity index (χ4n) is 2.43. The van der Waals surface area contributed by atoms with Gasteiger partial charge in [-0.05, 0) is 49.1 Å². The summed E-state index contributed by atoms with van der Waals surface area (Å²) >= 11 is 3.38. The van der Waals surface area contributed by atoms with E-state index in [4.69, 9.17) is 0 Å². The topological polar surface area (TPSA) is 74.6 Å². The van der Waals surface area contributed by atoms with Crippen LogP contribution in [0.15, 0.2) is 52.0 Å². The number of allylic oxidation sites excluding steroid dienone is 2. The number of rotatable bonds is 4. The van der Waals surface area contributed by atoms with Crippen molar-refractivity contribution in [3.8, 4) is 0 Å². The Hall–Kier alpha value is -1.88. The van der Waals surface area contributed by atoms with Gasteiger partial charge in [0, 0.05) is 10.0 Å². The van der Waals surface area contributed by atoms with Crippen LogP contribution in [0.5, 0.6) is 0 Å². The summed E-state index contributed by atoms with van der Waals surface area (Å²) in [6, 6.07) is 7.65. The van der Waals surface area contributed by atoms with Crippen LogP contribution in [-0.4, -0.2) is 22.2 Å². The molecule has 0 saturated carbocycles. The highest BCUT2D eigenvalue weighted by atomic mass is 79.9. The first kappa shape index (κ1) is 15.5. The van der Waals surface area contributed by atoms with Crippen LogP contribution in [-0.2, 0) is 16.0 Å². The Morgan fingerprint density at radius 2 is 2.05 bits per heavy atom. The zero-order chi connectivity index (χ0) is 15.6. The lowest BCUT2D eigenvalue weighted by Gasteiger charge is -2.26. The average molecular weight is 351 g/mol. The van der Waals surface area contributed by atoms with Gasteiger partial charge in [-0.25, -0.2) is 4.79 Å². The lowest BCUT2D eigenvalue weighted by Crippen LogP contribution is -2.30. The van der Waals surface area contributed by atoms with Gasteiger partial charge in [0.2, 0.25) is 0 Å². The van der Waals surface area contributed by atoms with Crippen molar-refractivity contribution in [1.82, 2.24) is 0 Å². The van der Waals surface area contributed by atoms with Crippen LogP contribution in [0.2, 0.25) is 0 Å². The van der Waals surface area contributed by atoms with Gasteiger partial charge in [0.1, 0.15) is 0 Å². The first-order valence-electron chi connectivity index (χ1n) is 6.43. The molecule has 1 unspecified atom stereocenters. The van der Waals surface area contributed by atoms with Gasteiger partial charge >= 0.3 is 11.9 Å². The highest BCUT2D eigenvalue weighted by Gasteiger charge is 2.36. The Bertz CT molecular complexity index is 660. The lowest BCUT2D eigenvalue weighted by molar-refractivity contribution is -0.145. The van der Waals surface area contributed by atoms with Crippen molar-refractivity contribution in [3.63, 3.8) is 0 Å². The summed E-state index contributed by atoms with van der Waals surface area (Å²) < 4.78 is 0.930. The molecular formula is C16H15BrO4. The van der Waals surface area contributed by atoms with Crippen molar-refractivity contribution < 1.29 is 19.8 Å². The van der Waals surface area contributed by atoms with Gasteiger partial charge in [0.15, 0.2) is 0 Å². The van der Waals surface area contributed by atoms with E-state index in [-0.39, 0.29) is 12.0 Å². The van der Waals surface area contributed by atoms with E-state index in [2.05, 4.69) is 15.9 Å². The fourth-order valence-corrected chi connectivity index (χ4v) is 2.88. The lowest BCUT2D eigenvalue weighted by atomic mass is 9.77. The monoisotopic (exact) mass is 350 g/mol. The predicted octanol–water partition coefficient (Wildman–Crippen LogP) is 3.42. The Morgan fingerprint density at radius 1 is 1.33 bits per heavy atom. The maximum absolute atomic E-state index is 11.4. The molecule has 1 aromatic carbocycles. The molecule has 0 heterocycles. The molecule has 1 aliphatic rings. The van der Waals surface area contributed by atoms with Gasteiger partial charge in [0.25, 0.3) is 0 Å². The summed E-state index contributed by atoms with van der Waals surface area (Å²) in [5, 5.41) is 18.5. The Balaban J connectivity index is 2.36. The Kier molecular flexibility index (Phi) is 4.32. The molecule has 0 saturated heterocycles. The third-order valence-electron chi connectivity index (χ3n) is 3.48. The maximum atomic E-state index is 11.4. The number of hydrogen-bond donors (Lipinski definition) is 2. The number of halogens is 1. The molecule has 21 heavy (non-hydrogen) atoms. The Morgan fingerprint density at radius 3 is 2.62 bits per heavy atom. The van der Waals surface area contributed by atoms with E-state index in [1.165, 1.54) is 0 Å². The van der Waals surface area contributed by atoms with E-state index in [0.717, 1.165) is 10.0 Å². The second kappa shape index (κ2) is 5.85. The molecule has 1 aliphatic carbocycles. The van der Waals surface area contributed by atoms with Crippen LogP contribution in [0.4, 0.5) is 0 Å². The molecular weight excluding hydrogens is 336 g/mol. The number of carboxylic acids is 2. The third kappa shape index (κ3) is 3.61. The predicted molar refractivity (Wildman–Crippen MR) is 82.0 cm³/mol. The summed E-state index contributed by atoms with van der Waals surface area (Å²) in [6.07, 6.45) is 3.73. The number of carbonyl (C=O) groups is 2. The minimum absolute atomic E-state index is 0.000346. The molecule has 0 bridgehead atoms. The smallest absolute Gasteiger partial charge is 0.331 e. The van der Waals surface area contributed by atoms with Crippen LogP contribution in [0.3, 0.4) is 0 Å². The average Bonchev–Trinajstić information content (AvgIpc) is 2.37. The van der Waals surface area contributed by atoms with Crippen LogP contribution < -0.4 is 0 Å². The largest absolute Gasteiger partial charge is 0.481 e.